The number of amides is 3. The summed E-state index contributed by atoms with van der Waals surface area (Å²) in [6.07, 6.45) is 8.23. The molecule has 2 aliphatic rings. The Morgan fingerprint density at radius 1 is 1.29 bits per heavy atom. The van der Waals surface area contributed by atoms with Gasteiger partial charge < -0.3 is 25.8 Å². The lowest BCUT2D eigenvalue weighted by Crippen LogP contribution is -2.30. The predicted octanol–water partition coefficient (Wildman–Crippen LogP) is 3.81. The number of ether oxygens (including phenoxy) is 2. The van der Waals surface area contributed by atoms with Gasteiger partial charge >= 0.3 is 6.03 Å². The minimum atomic E-state index is -0.680. The van der Waals surface area contributed by atoms with Gasteiger partial charge in [-0.25, -0.2) is 4.79 Å². The third-order valence-electron chi connectivity index (χ3n) is 4.52. The number of methoxy groups -OCH3 is 1. The largest absolute Gasteiger partial charge is 0.496 e. The van der Waals surface area contributed by atoms with Crippen molar-refractivity contribution >= 4 is 34.9 Å². The van der Waals surface area contributed by atoms with E-state index < -0.39 is 5.91 Å². The SMILES string of the molecule is C/C=C\C(Oc1ccc(NC(=O)NC2CC2)c(Cl)c1)=C1\C=C(C(N)=O)C(OC)=CC1=N. The van der Waals surface area contributed by atoms with Crippen LogP contribution in [-0.2, 0) is 9.53 Å². The van der Waals surface area contributed by atoms with Crippen LogP contribution in [0.15, 0.2) is 65.2 Å². The number of carbonyl (C=O) groups is 2. The molecule has 3 amide bonds. The molecule has 0 bridgehead atoms. The monoisotopic (exact) mass is 442 g/mol. The zero-order chi connectivity index (χ0) is 22.5. The average Bonchev–Trinajstić information content (AvgIpc) is 3.53. The fourth-order valence-electron chi connectivity index (χ4n) is 2.83. The first-order chi connectivity index (χ1) is 14.8. The van der Waals surface area contributed by atoms with Crippen LogP contribution in [0.4, 0.5) is 10.5 Å². The maximum absolute atomic E-state index is 11.9. The molecule has 3 rings (SSSR count). The second kappa shape index (κ2) is 9.53. The number of hydrogen-bond acceptors (Lipinski definition) is 5. The molecule has 1 aromatic carbocycles. The molecule has 9 heteroatoms. The summed E-state index contributed by atoms with van der Waals surface area (Å²) >= 11 is 6.31. The van der Waals surface area contributed by atoms with E-state index in [-0.39, 0.29) is 29.1 Å². The van der Waals surface area contributed by atoms with Crippen molar-refractivity contribution in [3.63, 3.8) is 0 Å². The van der Waals surface area contributed by atoms with E-state index in [9.17, 15) is 9.59 Å². The third-order valence-corrected chi connectivity index (χ3v) is 4.83. The summed E-state index contributed by atoms with van der Waals surface area (Å²) in [7, 11) is 1.40. The molecule has 0 spiro atoms. The zero-order valence-corrected chi connectivity index (χ0v) is 17.9. The van der Waals surface area contributed by atoms with Gasteiger partial charge in [-0.15, -0.1) is 0 Å². The van der Waals surface area contributed by atoms with Crippen LogP contribution in [0.25, 0.3) is 0 Å². The molecule has 0 saturated heterocycles. The lowest BCUT2D eigenvalue weighted by molar-refractivity contribution is -0.114. The van der Waals surface area contributed by atoms with Gasteiger partial charge in [0.05, 0.1) is 29.1 Å². The van der Waals surface area contributed by atoms with Crippen molar-refractivity contribution in [3.05, 3.63) is 70.2 Å². The molecular weight excluding hydrogens is 420 g/mol. The average molecular weight is 443 g/mol. The van der Waals surface area contributed by atoms with E-state index in [1.54, 1.807) is 37.3 Å². The van der Waals surface area contributed by atoms with E-state index in [1.807, 2.05) is 0 Å². The highest BCUT2D eigenvalue weighted by molar-refractivity contribution is 6.33. The van der Waals surface area contributed by atoms with E-state index in [1.165, 1.54) is 19.3 Å². The number of benzene rings is 1. The van der Waals surface area contributed by atoms with Crippen molar-refractivity contribution in [1.29, 1.82) is 5.41 Å². The van der Waals surface area contributed by atoms with Gasteiger partial charge in [0, 0.05) is 23.8 Å². The molecule has 1 fully saturated rings. The maximum atomic E-state index is 11.9. The van der Waals surface area contributed by atoms with Crippen molar-refractivity contribution in [2.24, 2.45) is 5.73 Å². The highest BCUT2D eigenvalue weighted by Gasteiger charge is 2.24. The number of allylic oxidation sites excluding steroid dienone is 5. The molecule has 0 heterocycles. The Balaban J connectivity index is 1.86. The van der Waals surface area contributed by atoms with Crippen molar-refractivity contribution in [2.45, 2.75) is 25.8 Å². The van der Waals surface area contributed by atoms with Gasteiger partial charge in [-0.3, -0.25) is 10.2 Å². The molecule has 0 aromatic heterocycles. The number of halogens is 1. The lowest BCUT2D eigenvalue weighted by atomic mass is 9.96. The minimum absolute atomic E-state index is 0.0936. The number of urea groups is 1. The van der Waals surface area contributed by atoms with Crippen LogP contribution < -0.4 is 21.1 Å². The summed E-state index contributed by atoms with van der Waals surface area (Å²) in [5, 5.41) is 14.1. The first-order valence-corrected chi connectivity index (χ1v) is 9.98. The highest BCUT2D eigenvalue weighted by atomic mass is 35.5. The number of anilines is 1. The summed E-state index contributed by atoms with van der Waals surface area (Å²) in [5.41, 5.74) is 6.47. The molecular formula is C22H23ClN4O4. The number of primary amides is 1. The van der Waals surface area contributed by atoms with E-state index in [0.717, 1.165) is 12.8 Å². The van der Waals surface area contributed by atoms with Gasteiger partial charge in [0.2, 0.25) is 0 Å². The van der Waals surface area contributed by atoms with E-state index in [0.29, 0.717) is 27.8 Å². The van der Waals surface area contributed by atoms with Gasteiger partial charge in [-0.1, -0.05) is 17.7 Å². The van der Waals surface area contributed by atoms with Crippen LogP contribution in [0.3, 0.4) is 0 Å². The van der Waals surface area contributed by atoms with Gasteiger partial charge in [-0.05, 0) is 44.1 Å². The Morgan fingerprint density at radius 2 is 2.03 bits per heavy atom. The normalized spacial score (nSPS) is 17.6. The molecule has 0 aliphatic heterocycles. The fourth-order valence-corrected chi connectivity index (χ4v) is 3.05. The maximum Gasteiger partial charge on any atom is 0.319 e. The number of hydrogen-bond donors (Lipinski definition) is 4. The van der Waals surface area contributed by atoms with Crippen molar-refractivity contribution in [1.82, 2.24) is 5.32 Å². The van der Waals surface area contributed by atoms with Gasteiger partial charge in [0.1, 0.15) is 17.3 Å². The molecule has 1 aromatic rings. The lowest BCUT2D eigenvalue weighted by Gasteiger charge is -2.18. The third kappa shape index (κ3) is 5.55. The molecule has 31 heavy (non-hydrogen) atoms. The Labute approximate surface area is 184 Å². The van der Waals surface area contributed by atoms with Gasteiger partial charge in [-0.2, -0.15) is 0 Å². The molecule has 8 nitrogen and oxygen atoms in total. The minimum Gasteiger partial charge on any atom is -0.496 e. The second-order valence-corrected chi connectivity index (χ2v) is 7.35. The van der Waals surface area contributed by atoms with Gasteiger partial charge in [0.25, 0.3) is 5.91 Å². The summed E-state index contributed by atoms with van der Waals surface area (Å²) in [5.74, 6) is 0.243. The summed E-state index contributed by atoms with van der Waals surface area (Å²) in [6.45, 7) is 1.80. The van der Waals surface area contributed by atoms with Crippen molar-refractivity contribution in [2.75, 3.05) is 12.4 Å². The van der Waals surface area contributed by atoms with Crippen molar-refractivity contribution in [3.8, 4) is 5.75 Å². The first kappa shape index (κ1) is 22.2. The molecule has 0 atom stereocenters. The van der Waals surface area contributed by atoms with Crippen molar-refractivity contribution < 1.29 is 19.1 Å². The number of nitrogens with one attached hydrogen (secondary N) is 3. The van der Waals surface area contributed by atoms with Crippen LogP contribution in [-0.4, -0.2) is 30.8 Å². The molecule has 2 aliphatic carbocycles. The predicted molar refractivity (Wildman–Crippen MR) is 119 cm³/mol. The van der Waals surface area contributed by atoms with Crippen LogP contribution in [0, 0.1) is 5.41 Å². The molecule has 1 saturated carbocycles. The summed E-state index contributed by atoms with van der Waals surface area (Å²) in [6, 6.07) is 4.75. The topological polar surface area (TPSA) is 127 Å². The molecule has 0 unspecified atom stereocenters. The van der Waals surface area contributed by atoms with Gasteiger partial charge in [0.15, 0.2) is 0 Å². The smallest absolute Gasteiger partial charge is 0.319 e. The Morgan fingerprint density at radius 3 is 2.61 bits per heavy atom. The van der Waals surface area contributed by atoms with E-state index >= 15 is 0 Å². The summed E-state index contributed by atoms with van der Waals surface area (Å²) < 4.78 is 11.1. The molecule has 5 N–H and O–H groups in total. The number of rotatable bonds is 7. The Hall–Kier alpha value is -3.52. The second-order valence-electron chi connectivity index (χ2n) is 6.94. The molecule has 0 radical (unpaired) electrons. The van der Waals surface area contributed by atoms with Crippen LogP contribution >= 0.6 is 11.6 Å². The standard InChI is InChI=1S/C22H23ClN4O4/c1-3-4-19(14-10-15(21(25)28)20(30-2)11-17(14)24)31-13-7-8-18(16(23)9-13)27-22(29)26-12-5-6-12/h3-4,7-12,24H,5-6H2,1-2H3,(H2,25,28)(H2,26,27,29)/b4-3-,19-14+,24-17?. The highest BCUT2D eigenvalue weighted by Crippen LogP contribution is 2.30. The summed E-state index contributed by atoms with van der Waals surface area (Å²) in [4.78, 5) is 23.7. The zero-order valence-electron chi connectivity index (χ0n) is 17.1. The van der Waals surface area contributed by atoms with E-state index in [4.69, 9.17) is 32.2 Å². The number of carbonyl (C=O) groups excluding carboxylic acids is 2. The first-order valence-electron chi connectivity index (χ1n) is 9.60. The Bertz CT molecular complexity index is 1050. The fraction of sp³-hybridized carbons (Fsp3) is 0.227. The quantitative estimate of drug-likeness (QED) is 0.479. The molecule has 162 valence electrons. The van der Waals surface area contributed by atoms with E-state index in [2.05, 4.69) is 10.6 Å². The van der Waals surface area contributed by atoms with Crippen LogP contribution in [0.5, 0.6) is 5.75 Å². The van der Waals surface area contributed by atoms with Crippen LogP contribution in [0.1, 0.15) is 19.8 Å². The number of nitrogens with two attached hydrogens (primary N) is 1. The Kier molecular flexibility index (Phi) is 6.81. The van der Waals surface area contributed by atoms with Crippen LogP contribution in [0.2, 0.25) is 5.02 Å².